The molecule has 0 saturated heterocycles. The number of benzene rings is 1. The largest absolute Gasteiger partial charge is 0.486 e. The number of nitrogens with two attached hydrogens (primary N) is 1. The summed E-state index contributed by atoms with van der Waals surface area (Å²) in [6.45, 7) is 2.30. The Bertz CT molecular complexity index is 706. The third-order valence-corrected chi connectivity index (χ3v) is 3.03. The van der Waals surface area contributed by atoms with Crippen LogP contribution in [0.4, 0.5) is 5.69 Å². The molecule has 3 rings (SSSR count). The van der Waals surface area contributed by atoms with Gasteiger partial charge in [0.2, 0.25) is 0 Å². The number of para-hydroxylation sites is 1. The van der Waals surface area contributed by atoms with Crippen LogP contribution in [0.2, 0.25) is 0 Å². The number of pyridine rings is 1. The van der Waals surface area contributed by atoms with E-state index in [1.54, 1.807) is 0 Å². The summed E-state index contributed by atoms with van der Waals surface area (Å²) in [4.78, 5) is 0. The van der Waals surface area contributed by atoms with Crippen molar-refractivity contribution in [1.82, 2.24) is 14.6 Å². The number of ether oxygens (including phenoxy) is 1. The average molecular weight is 254 g/mol. The topological polar surface area (TPSA) is 65.4 Å². The molecule has 0 radical (unpaired) electrons. The summed E-state index contributed by atoms with van der Waals surface area (Å²) in [7, 11) is 0. The number of rotatable bonds is 3. The number of fused-ring (bicyclic) bond motifs is 1. The number of aromatic nitrogens is 3. The first-order valence-corrected chi connectivity index (χ1v) is 6.02. The molecule has 5 nitrogen and oxygen atoms in total. The highest BCUT2D eigenvalue weighted by Crippen LogP contribution is 2.16. The molecule has 2 heterocycles. The molecule has 0 bridgehead atoms. The number of hydrogen-bond donors (Lipinski definition) is 1. The number of aryl methyl sites for hydroxylation is 1. The van der Waals surface area contributed by atoms with Gasteiger partial charge in [-0.05, 0) is 31.2 Å². The van der Waals surface area contributed by atoms with Gasteiger partial charge in [-0.3, -0.25) is 4.40 Å². The van der Waals surface area contributed by atoms with E-state index in [0.717, 1.165) is 22.9 Å². The lowest BCUT2D eigenvalue weighted by molar-refractivity contribution is 0.294. The summed E-state index contributed by atoms with van der Waals surface area (Å²) in [5.74, 6) is 1.55. The van der Waals surface area contributed by atoms with Gasteiger partial charge in [-0.15, -0.1) is 10.2 Å². The summed E-state index contributed by atoms with van der Waals surface area (Å²) >= 11 is 0. The zero-order valence-electron chi connectivity index (χ0n) is 10.6. The van der Waals surface area contributed by atoms with E-state index in [2.05, 4.69) is 10.2 Å². The number of hydrogen-bond acceptors (Lipinski definition) is 4. The zero-order chi connectivity index (χ0) is 13.2. The van der Waals surface area contributed by atoms with Crippen LogP contribution >= 0.6 is 0 Å². The monoisotopic (exact) mass is 254 g/mol. The molecule has 0 atom stereocenters. The third-order valence-electron chi connectivity index (χ3n) is 3.03. The van der Waals surface area contributed by atoms with Crippen LogP contribution in [0.5, 0.6) is 5.75 Å². The Hall–Kier alpha value is -2.56. The highest BCUT2D eigenvalue weighted by Gasteiger charge is 2.09. The second-order valence-electron chi connectivity index (χ2n) is 4.29. The highest BCUT2D eigenvalue weighted by atomic mass is 16.5. The maximum absolute atomic E-state index is 5.90. The zero-order valence-corrected chi connectivity index (χ0v) is 10.6. The van der Waals surface area contributed by atoms with Crippen molar-refractivity contribution in [2.75, 3.05) is 5.73 Å². The molecule has 0 fully saturated rings. The van der Waals surface area contributed by atoms with Gasteiger partial charge in [0.1, 0.15) is 12.4 Å². The fourth-order valence-electron chi connectivity index (χ4n) is 1.98. The van der Waals surface area contributed by atoms with E-state index < -0.39 is 0 Å². The Morgan fingerprint density at radius 2 is 1.89 bits per heavy atom. The summed E-state index contributed by atoms with van der Waals surface area (Å²) in [5, 5.41) is 8.26. The Labute approximate surface area is 110 Å². The van der Waals surface area contributed by atoms with E-state index in [-0.39, 0.29) is 0 Å². The van der Waals surface area contributed by atoms with Crippen LogP contribution in [0.1, 0.15) is 11.5 Å². The molecule has 0 aliphatic heterocycles. The van der Waals surface area contributed by atoms with Crippen molar-refractivity contribution in [3.05, 3.63) is 54.0 Å². The molecule has 96 valence electrons. The van der Waals surface area contributed by atoms with Crippen LogP contribution in [0, 0.1) is 6.92 Å². The van der Waals surface area contributed by atoms with Gasteiger partial charge in [-0.25, -0.2) is 0 Å². The van der Waals surface area contributed by atoms with Crippen molar-refractivity contribution >= 4 is 11.3 Å². The van der Waals surface area contributed by atoms with Crippen LogP contribution in [0.25, 0.3) is 5.65 Å². The Morgan fingerprint density at radius 3 is 2.68 bits per heavy atom. The minimum Gasteiger partial charge on any atom is -0.486 e. The first kappa shape index (κ1) is 11.5. The van der Waals surface area contributed by atoms with Gasteiger partial charge in [0.15, 0.2) is 11.5 Å². The summed E-state index contributed by atoms with van der Waals surface area (Å²) in [6.07, 6.45) is 0. The summed E-state index contributed by atoms with van der Waals surface area (Å²) in [6, 6.07) is 13.3. The van der Waals surface area contributed by atoms with Gasteiger partial charge in [-0.2, -0.15) is 0 Å². The standard InChI is InChI=1S/C14H14N4O/c1-10-12(15)7-8-13-16-17-14(18(10)13)9-19-11-5-3-2-4-6-11/h2-8H,9,15H2,1H3. The molecule has 0 aliphatic rings. The van der Waals surface area contributed by atoms with E-state index in [0.29, 0.717) is 12.3 Å². The Balaban J connectivity index is 1.91. The first-order chi connectivity index (χ1) is 9.25. The molecule has 0 amide bonds. The van der Waals surface area contributed by atoms with Gasteiger partial charge < -0.3 is 10.5 Å². The Morgan fingerprint density at radius 1 is 1.11 bits per heavy atom. The fraction of sp³-hybridized carbons (Fsp3) is 0.143. The molecular formula is C14H14N4O. The first-order valence-electron chi connectivity index (χ1n) is 6.02. The average Bonchev–Trinajstić information content (AvgIpc) is 2.86. The maximum atomic E-state index is 5.90. The van der Waals surface area contributed by atoms with E-state index in [1.165, 1.54) is 0 Å². The summed E-state index contributed by atoms with van der Waals surface area (Å²) in [5.41, 5.74) is 8.32. The van der Waals surface area contributed by atoms with Crippen molar-refractivity contribution in [3.63, 3.8) is 0 Å². The minimum absolute atomic E-state index is 0.357. The van der Waals surface area contributed by atoms with E-state index in [1.807, 2.05) is 53.8 Å². The van der Waals surface area contributed by atoms with Crippen LogP contribution in [0.15, 0.2) is 42.5 Å². The van der Waals surface area contributed by atoms with Crippen LogP contribution in [-0.2, 0) is 6.61 Å². The molecular weight excluding hydrogens is 240 g/mol. The molecule has 0 aliphatic carbocycles. The van der Waals surface area contributed by atoms with Crippen LogP contribution in [0.3, 0.4) is 0 Å². The molecule has 5 heteroatoms. The van der Waals surface area contributed by atoms with E-state index in [4.69, 9.17) is 10.5 Å². The van der Waals surface area contributed by atoms with E-state index >= 15 is 0 Å². The lowest BCUT2D eigenvalue weighted by Gasteiger charge is -2.07. The van der Waals surface area contributed by atoms with Gasteiger partial charge in [0.05, 0.1) is 5.69 Å². The van der Waals surface area contributed by atoms with Crippen LogP contribution in [-0.4, -0.2) is 14.6 Å². The maximum Gasteiger partial charge on any atom is 0.175 e. The van der Waals surface area contributed by atoms with Gasteiger partial charge in [-0.1, -0.05) is 18.2 Å². The third kappa shape index (κ3) is 2.10. The smallest absolute Gasteiger partial charge is 0.175 e. The quantitative estimate of drug-likeness (QED) is 0.778. The van der Waals surface area contributed by atoms with Crippen LogP contribution < -0.4 is 10.5 Å². The molecule has 19 heavy (non-hydrogen) atoms. The van der Waals surface area contributed by atoms with Crippen molar-refractivity contribution in [2.24, 2.45) is 0 Å². The number of nitrogens with zero attached hydrogens (tertiary/aromatic N) is 3. The van der Waals surface area contributed by atoms with Crippen molar-refractivity contribution in [2.45, 2.75) is 13.5 Å². The van der Waals surface area contributed by atoms with Crippen molar-refractivity contribution < 1.29 is 4.74 Å². The predicted octanol–water partition coefficient (Wildman–Crippen LogP) is 2.20. The van der Waals surface area contributed by atoms with E-state index in [9.17, 15) is 0 Å². The second kappa shape index (κ2) is 4.61. The normalized spacial score (nSPS) is 10.8. The molecule has 2 aromatic heterocycles. The predicted molar refractivity (Wildman–Crippen MR) is 72.9 cm³/mol. The van der Waals surface area contributed by atoms with Crippen molar-refractivity contribution in [3.8, 4) is 5.75 Å². The second-order valence-corrected chi connectivity index (χ2v) is 4.29. The molecule has 0 unspecified atom stereocenters. The van der Waals surface area contributed by atoms with Gasteiger partial charge in [0, 0.05) is 5.69 Å². The molecule has 0 saturated carbocycles. The highest BCUT2D eigenvalue weighted by molar-refractivity contribution is 5.52. The minimum atomic E-state index is 0.357. The number of nitrogen functional groups attached to an aromatic ring is 1. The number of anilines is 1. The Kier molecular flexibility index (Phi) is 2.79. The SMILES string of the molecule is Cc1c(N)ccc2nnc(COc3ccccc3)n12. The molecule has 0 spiro atoms. The summed E-state index contributed by atoms with van der Waals surface area (Å²) < 4.78 is 7.60. The van der Waals surface area contributed by atoms with Crippen molar-refractivity contribution in [1.29, 1.82) is 0 Å². The lowest BCUT2D eigenvalue weighted by Crippen LogP contribution is -2.05. The molecule has 3 aromatic rings. The molecule has 1 aromatic carbocycles. The fourth-order valence-corrected chi connectivity index (χ4v) is 1.98. The lowest BCUT2D eigenvalue weighted by atomic mass is 10.3. The van der Waals surface area contributed by atoms with Gasteiger partial charge >= 0.3 is 0 Å². The van der Waals surface area contributed by atoms with Gasteiger partial charge in [0.25, 0.3) is 0 Å². The molecule has 2 N–H and O–H groups in total.